The molecule has 1 atom stereocenters. The van der Waals surface area contributed by atoms with Gasteiger partial charge in [-0.25, -0.2) is 0 Å². The molecule has 70 valence electrons. The summed E-state index contributed by atoms with van der Waals surface area (Å²) in [5.74, 6) is -0.797. The van der Waals surface area contributed by atoms with Crippen LogP contribution in [0.5, 0.6) is 0 Å². The van der Waals surface area contributed by atoms with Crippen LogP contribution in [0.4, 0.5) is 0 Å². The molecule has 0 aliphatic heterocycles. The molecule has 4 nitrogen and oxygen atoms in total. The van der Waals surface area contributed by atoms with E-state index in [-0.39, 0.29) is 5.91 Å². The SMILES string of the molecule is CC(NC(=O)C(C)(C)Br)C(N)=O. The Morgan fingerprint density at radius 1 is 1.50 bits per heavy atom. The first-order valence-corrected chi connectivity index (χ1v) is 4.33. The van der Waals surface area contributed by atoms with Gasteiger partial charge >= 0.3 is 0 Å². The molecular weight excluding hydrogens is 224 g/mol. The first-order valence-electron chi connectivity index (χ1n) is 3.54. The molecule has 3 N–H and O–H groups in total. The number of carbonyl (C=O) groups excluding carboxylic acids is 2. The standard InChI is InChI=1S/C7H13BrN2O2/c1-4(5(9)11)10-6(12)7(2,3)8/h4H,1-3H3,(H2,9,11)(H,10,12). The second-order valence-corrected chi connectivity index (χ2v) is 5.05. The number of primary amides is 1. The van der Waals surface area contributed by atoms with Crippen LogP contribution in [-0.2, 0) is 9.59 Å². The van der Waals surface area contributed by atoms with E-state index >= 15 is 0 Å². The molecule has 5 heteroatoms. The van der Waals surface area contributed by atoms with Crippen molar-refractivity contribution in [1.29, 1.82) is 0 Å². The van der Waals surface area contributed by atoms with Crippen LogP contribution in [-0.4, -0.2) is 22.2 Å². The average molecular weight is 237 g/mol. The van der Waals surface area contributed by atoms with Crippen molar-refractivity contribution in [3.05, 3.63) is 0 Å². The highest BCUT2D eigenvalue weighted by atomic mass is 79.9. The van der Waals surface area contributed by atoms with Crippen LogP contribution in [0.3, 0.4) is 0 Å². The van der Waals surface area contributed by atoms with E-state index in [0.29, 0.717) is 0 Å². The Bertz CT molecular complexity index is 198. The molecule has 2 amide bonds. The largest absolute Gasteiger partial charge is 0.368 e. The number of amides is 2. The summed E-state index contributed by atoms with van der Waals surface area (Å²) in [5.41, 5.74) is 4.96. The number of rotatable bonds is 3. The molecule has 0 fully saturated rings. The van der Waals surface area contributed by atoms with Gasteiger partial charge in [-0.1, -0.05) is 15.9 Å². The predicted octanol–water partition coefficient (Wildman–Crippen LogP) is 0.150. The van der Waals surface area contributed by atoms with Crippen molar-refractivity contribution in [3.8, 4) is 0 Å². The van der Waals surface area contributed by atoms with E-state index in [1.54, 1.807) is 20.8 Å². The predicted molar refractivity (Wildman–Crippen MR) is 49.8 cm³/mol. The first-order chi connectivity index (χ1) is 5.25. The maximum atomic E-state index is 11.2. The normalized spacial score (nSPS) is 13.7. The third-order valence-corrected chi connectivity index (χ3v) is 1.67. The van der Waals surface area contributed by atoms with Crippen LogP contribution in [0, 0.1) is 0 Å². The highest BCUT2D eigenvalue weighted by Gasteiger charge is 2.25. The lowest BCUT2D eigenvalue weighted by Crippen LogP contribution is -2.47. The van der Waals surface area contributed by atoms with E-state index in [1.807, 2.05) is 0 Å². The molecule has 12 heavy (non-hydrogen) atoms. The van der Waals surface area contributed by atoms with Crippen LogP contribution in [0.15, 0.2) is 0 Å². The zero-order chi connectivity index (χ0) is 9.94. The molecule has 0 saturated heterocycles. The van der Waals surface area contributed by atoms with Crippen LogP contribution in [0.25, 0.3) is 0 Å². The van der Waals surface area contributed by atoms with Crippen molar-refractivity contribution in [3.63, 3.8) is 0 Å². The summed E-state index contributed by atoms with van der Waals surface area (Å²) in [6.07, 6.45) is 0. The van der Waals surface area contributed by atoms with Gasteiger partial charge in [0, 0.05) is 0 Å². The Balaban J connectivity index is 4.11. The quantitative estimate of drug-likeness (QED) is 0.686. The number of hydrogen-bond donors (Lipinski definition) is 2. The Labute approximate surface area is 80.0 Å². The third kappa shape index (κ3) is 3.71. The number of nitrogens with one attached hydrogen (secondary N) is 1. The lowest BCUT2D eigenvalue weighted by molar-refractivity contribution is -0.127. The number of halogens is 1. The Morgan fingerprint density at radius 3 is 2.17 bits per heavy atom. The van der Waals surface area contributed by atoms with Gasteiger partial charge in [-0.05, 0) is 20.8 Å². The van der Waals surface area contributed by atoms with E-state index in [2.05, 4.69) is 21.2 Å². The average Bonchev–Trinajstić information content (AvgIpc) is 1.85. The van der Waals surface area contributed by atoms with E-state index in [1.165, 1.54) is 0 Å². The van der Waals surface area contributed by atoms with Gasteiger partial charge in [0.1, 0.15) is 6.04 Å². The second-order valence-electron chi connectivity index (χ2n) is 3.07. The summed E-state index contributed by atoms with van der Waals surface area (Å²) < 4.78 is -0.670. The third-order valence-electron chi connectivity index (χ3n) is 1.31. The molecule has 0 spiro atoms. The van der Waals surface area contributed by atoms with E-state index in [9.17, 15) is 9.59 Å². The highest BCUT2D eigenvalue weighted by Crippen LogP contribution is 2.15. The molecule has 0 aromatic heterocycles. The van der Waals surface area contributed by atoms with Gasteiger partial charge in [0.25, 0.3) is 0 Å². The monoisotopic (exact) mass is 236 g/mol. The molecule has 0 heterocycles. The molecule has 0 aliphatic carbocycles. The van der Waals surface area contributed by atoms with Gasteiger partial charge in [0.15, 0.2) is 0 Å². The van der Waals surface area contributed by atoms with Crippen molar-refractivity contribution in [2.75, 3.05) is 0 Å². The van der Waals surface area contributed by atoms with Crippen molar-refractivity contribution >= 4 is 27.7 Å². The smallest absolute Gasteiger partial charge is 0.239 e. The fourth-order valence-corrected chi connectivity index (χ4v) is 0.554. The van der Waals surface area contributed by atoms with Crippen LogP contribution >= 0.6 is 15.9 Å². The first kappa shape index (κ1) is 11.4. The molecule has 0 aliphatic rings. The summed E-state index contributed by atoms with van der Waals surface area (Å²) in [6, 6.07) is -0.630. The van der Waals surface area contributed by atoms with E-state index in [4.69, 9.17) is 5.73 Å². The number of hydrogen-bond acceptors (Lipinski definition) is 2. The Kier molecular flexibility index (Phi) is 3.70. The molecule has 0 aromatic carbocycles. The molecule has 0 aromatic rings. The minimum absolute atomic E-state index is 0.256. The highest BCUT2D eigenvalue weighted by molar-refractivity contribution is 9.10. The zero-order valence-corrected chi connectivity index (χ0v) is 8.94. The van der Waals surface area contributed by atoms with Gasteiger partial charge in [0.05, 0.1) is 4.32 Å². The van der Waals surface area contributed by atoms with E-state index in [0.717, 1.165) is 0 Å². The minimum atomic E-state index is -0.670. The maximum Gasteiger partial charge on any atom is 0.239 e. The van der Waals surface area contributed by atoms with Gasteiger partial charge in [0.2, 0.25) is 11.8 Å². The van der Waals surface area contributed by atoms with Crippen LogP contribution < -0.4 is 11.1 Å². The zero-order valence-electron chi connectivity index (χ0n) is 7.35. The molecule has 0 bridgehead atoms. The van der Waals surface area contributed by atoms with Crippen molar-refractivity contribution < 1.29 is 9.59 Å². The van der Waals surface area contributed by atoms with Gasteiger partial charge in [-0.3, -0.25) is 9.59 Å². The van der Waals surface area contributed by atoms with Crippen LogP contribution in [0.2, 0.25) is 0 Å². The van der Waals surface area contributed by atoms with Gasteiger partial charge < -0.3 is 11.1 Å². The number of alkyl halides is 1. The second kappa shape index (κ2) is 3.89. The maximum absolute atomic E-state index is 11.2. The summed E-state index contributed by atoms with van der Waals surface area (Å²) in [4.78, 5) is 21.8. The van der Waals surface area contributed by atoms with Crippen molar-refractivity contribution in [1.82, 2.24) is 5.32 Å². The lowest BCUT2D eigenvalue weighted by atomic mass is 10.2. The molecule has 0 rings (SSSR count). The minimum Gasteiger partial charge on any atom is -0.368 e. The summed E-state index contributed by atoms with van der Waals surface area (Å²) in [5, 5.41) is 2.46. The topological polar surface area (TPSA) is 72.2 Å². The molecular formula is C7H13BrN2O2. The summed E-state index contributed by atoms with van der Waals surface area (Å²) in [7, 11) is 0. The van der Waals surface area contributed by atoms with Crippen molar-refractivity contribution in [2.24, 2.45) is 5.73 Å². The molecule has 0 radical (unpaired) electrons. The van der Waals surface area contributed by atoms with Crippen LogP contribution in [0.1, 0.15) is 20.8 Å². The van der Waals surface area contributed by atoms with Crippen molar-refractivity contribution in [2.45, 2.75) is 31.1 Å². The summed E-state index contributed by atoms with van der Waals surface area (Å²) >= 11 is 3.16. The fraction of sp³-hybridized carbons (Fsp3) is 0.714. The van der Waals surface area contributed by atoms with E-state index < -0.39 is 16.3 Å². The Morgan fingerprint density at radius 2 is 1.92 bits per heavy atom. The Hall–Kier alpha value is -0.580. The lowest BCUT2D eigenvalue weighted by Gasteiger charge is -2.18. The van der Waals surface area contributed by atoms with Gasteiger partial charge in [-0.15, -0.1) is 0 Å². The summed E-state index contributed by atoms with van der Waals surface area (Å²) in [6.45, 7) is 4.92. The number of carbonyl (C=O) groups is 2. The van der Waals surface area contributed by atoms with Gasteiger partial charge in [-0.2, -0.15) is 0 Å². The molecule has 1 unspecified atom stereocenters. The number of nitrogens with two attached hydrogens (primary N) is 1. The molecule has 0 saturated carbocycles. The fourth-order valence-electron chi connectivity index (χ4n) is 0.439.